The van der Waals surface area contributed by atoms with E-state index in [-0.39, 0.29) is 6.10 Å². The lowest BCUT2D eigenvalue weighted by Gasteiger charge is -2.34. The fourth-order valence-electron chi connectivity index (χ4n) is 3.25. The summed E-state index contributed by atoms with van der Waals surface area (Å²) >= 11 is 14.6. The molecule has 0 bridgehead atoms. The highest BCUT2D eigenvalue weighted by Gasteiger charge is 2.33. The van der Waals surface area contributed by atoms with Crippen LogP contribution in [0.3, 0.4) is 0 Å². The normalized spacial score (nSPS) is 13.2. The maximum atomic E-state index is 6.80. The van der Waals surface area contributed by atoms with Crippen LogP contribution in [-0.4, -0.2) is 18.3 Å². The van der Waals surface area contributed by atoms with Gasteiger partial charge in [0.15, 0.2) is 8.32 Å². The molecule has 2 heterocycles. The zero-order valence-electron chi connectivity index (χ0n) is 16.0. The first-order valence-corrected chi connectivity index (χ1v) is 13.5. The third-order valence-electron chi connectivity index (χ3n) is 5.06. The number of halogens is 2. The Morgan fingerprint density at radius 1 is 1.12 bits per heavy atom. The minimum atomic E-state index is -1.79. The predicted molar refractivity (Wildman–Crippen MR) is 115 cm³/mol. The van der Waals surface area contributed by atoms with Gasteiger partial charge in [0, 0.05) is 29.0 Å². The van der Waals surface area contributed by atoms with Crippen molar-refractivity contribution in [1.29, 1.82) is 0 Å². The summed E-state index contributed by atoms with van der Waals surface area (Å²) in [5, 5.41) is 4.47. The summed E-state index contributed by atoms with van der Waals surface area (Å²) in [5.74, 6) is 0. The van der Waals surface area contributed by atoms with E-state index in [2.05, 4.69) is 36.1 Å². The van der Waals surface area contributed by atoms with Gasteiger partial charge in [-0.1, -0.05) is 44.0 Å². The summed E-state index contributed by atoms with van der Waals surface area (Å²) in [6.07, 6.45) is 6.08. The lowest BCUT2D eigenvalue weighted by molar-refractivity contribution is 0.176. The van der Waals surface area contributed by atoms with E-state index in [1.165, 1.54) is 5.01 Å². The molecule has 0 aromatic carbocycles. The lowest BCUT2D eigenvalue weighted by Crippen LogP contribution is -2.37. The van der Waals surface area contributed by atoms with Crippen molar-refractivity contribution in [2.75, 3.05) is 0 Å². The summed E-state index contributed by atoms with van der Waals surface area (Å²) in [6.45, 7) is 8.76. The van der Waals surface area contributed by atoms with Crippen molar-refractivity contribution in [3.63, 3.8) is 0 Å². The fraction of sp³-hybridized carbons (Fsp3) is 0.579. The van der Waals surface area contributed by atoms with Gasteiger partial charge in [0.2, 0.25) is 0 Å². The van der Waals surface area contributed by atoms with Gasteiger partial charge in [0.1, 0.15) is 0 Å². The Morgan fingerprint density at radius 3 is 2.23 bits per heavy atom. The van der Waals surface area contributed by atoms with Crippen LogP contribution in [0.1, 0.15) is 56.0 Å². The summed E-state index contributed by atoms with van der Waals surface area (Å²) < 4.78 is 6.80. The molecule has 144 valence electrons. The van der Waals surface area contributed by atoms with E-state index < -0.39 is 8.32 Å². The number of rotatable bonds is 10. The molecular weight excluding hydrogens is 403 g/mol. The van der Waals surface area contributed by atoms with Gasteiger partial charge >= 0.3 is 0 Å². The van der Waals surface area contributed by atoms with Gasteiger partial charge in [0.25, 0.3) is 0 Å². The second-order valence-electron chi connectivity index (χ2n) is 6.64. The molecule has 0 saturated carbocycles. The van der Waals surface area contributed by atoms with Gasteiger partial charge in [-0.2, -0.15) is 0 Å². The van der Waals surface area contributed by atoms with Gasteiger partial charge in [-0.15, -0.1) is 11.3 Å². The van der Waals surface area contributed by atoms with E-state index in [1.54, 1.807) is 23.7 Å². The van der Waals surface area contributed by atoms with Crippen LogP contribution in [0.4, 0.5) is 0 Å². The average Bonchev–Trinajstić information content (AvgIpc) is 3.04. The maximum absolute atomic E-state index is 6.80. The van der Waals surface area contributed by atoms with Gasteiger partial charge in [-0.05, 0) is 44.3 Å². The van der Waals surface area contributed by atoms with E-state index in [9.17, 15) is 0 Å². The molecule has 2 aromatic rings. The second-order valence-corrected chi connectivity index (χ2v) is 13.1. The molecule has 7 heteroatoms. The minimum Gasteiger partial charge on any atom is -0.410 e. The lowest BCUT2D eigenvalue weighted by atomic mass is 10.1. The van der Waals surface area contributed by atoms with E-state index in [4.69, 9.17) is 27.6 Å². The van der Waals surface area contributed by atoms with Crippen molar-refractivity contribution in [1.82, 2.24) is 9.97 Å². The molecule has 26 heavy (non-hydrogen) atoms. The summed E-state index contributed by atoms with van der Waals surface area (Å²) in [7, 11) is -1.79. The molecule has 0 aliphatic carbocycles. The van der Waals surface area contributed by atoms with Crippen LogP contribution in [0.2, 0.25) is 28.2 Å². The minimum absolute atomic E-state index is 0.0782. The number of thiazole rings is 1. The van der Waals surface area contributed by atoms with E-state index in [1.807, 2.05) is 6.92 Å². The van der Waals surface area contributed by atoms with Crippen molar-refractivity contribution in [2.24, 2.45) is 0 Å². The van der Waals surface area contributed by atoms with Crippen molar-refractivity contribution in [2.45, 2.75) is 71.2 Å². The standard InChI is InChI=1S/C19H28Cl2N2OSSi/c1-5-26(6-2,7-3)24-17(19-15(20)11-22-12-16(19)21)9-8-10-18-23-14(4)13-25-18/h11-13,17H,5-10H2,1-4H3. The summed E-state index contributed by atoms with van der Waals surface area (Å²) in [4.78, 5) is 8.66. The Kier molecular flexibility index (Phi) is 8.55. The number of nitrogens with zero attached hydrogens (tertiary/aromatic N) is 2. The van der Waals surface area contributed by atoms with Crippen LogP contribution in [-0.2, 0) is 10.8 Å². The van der Waals surface area contributed by atoms with Crippen LogP contribution in [0, 0.1) is 6.92 Å². The number of aryl methyl sites for hydroxylation is 2. The first-order chi connectivity index (χ1) is 12.4. The first kappa shape index (κ1) is 21.8. The van der Waals surface area contributed by atoms with E-state index in [0.717, 1.165) is 48.7 Å². The molecule has 2 rings (SSSR count). The van der Waals surface area contributed by atoms with Crippen molar-refractivity contribution >= 4 is 42.9 Å². The smallest absolute Gasteiger partial charge is 0.192 e. The highest BCUT2D eigenvalue weighted by Crippen LogP contribution is 2.39. The largest absolute Gasteiger partial charge is 0.410 e. The molecule has 2 aromatic heterocycles. The topological polar surface area (TPSA) is 35.0 Å². The predicted octanol–water partition coefficient (Wildman–Crippen LogP) is 7.24. The zero-order valence-corrected chi connectivity index (χ0v) is 19.3. The number of hydrogen-bond donors (Lipinski definition) is 0. The van der Waals surface area contributed by atoms with Gasteiger partial charge < -0.3 is 4.43 Å². The third-order valence-corrected chi connectivity index (χ3v) is 11.3. The van der Waals surface area contributed by atoms with Crippen LogP contribution >= 0.6 is 34.5 Å². The molecule has 0 spiro atoms. The Bertz CT molecular complexity index is 678. The van der Waals surface area contributed by atoms with Crippen LogP contribution in [0.25, 0.3) is 0 Å². The van der Waals surface area contributed by atoms with Crippen molar-refractivity contribution in [3.05, 3.63) is 44.1 Å². The second kappa shape index (κ2) is 10.2. The van der Waals surface area contributed by atoms with Crippen LogP contribution in [0.15, 0.2) is 17.8 Å². The average molecular weight is 432 g/mol. The Balaban J connectivity index is 2.20. The number of pyridine rings is 1. The molecule has 0 radical (unpaired) electrons. The molecule has 0 aliphatic heterocycles. The van der Waals surface area contributed by atoms with E-state index >= 15 is 0 Å². The molecule has 0 saturated heterocycles. The Labute approximate surface area is 172 Å². The first-order valence-electron chi connectivity index (χ1n) is 9.32. The number of hydrogen-bond acceptors (Lipinski definition) is 4. The van der Waals surface area contributed by atoms with Gasteiger partial charge in [-0.25, -0.2) is 4.98 Å². The molecule has 0 aliphatic rings. The third kappa shape index (κ3) is 5.52. The molecule has 1 unspecified atom stereocenters. The maximum Gasteiger partial charge on any atom is 0.192 e. The SMILES string of the molecule is CC[Si](CC)(CC)OC(CCCc1nc(C)cs1)c1c(Cl)cncc1Cl. The van der Waals surface area contributed by atoms with Crippen LogP contribution < -0.4 is 0 Å². The molecule has 0 N–H and O–H groups in total. The zero-order chi connectivity index (χ0) is 19.2. The monoisotopic (exact) mass is 430 g/mol. The van der Waals surface area contributed by atoms with Gasteiger partial charge in [-0.3, -0.25) is 4.98 Å². The highest BCUT2D eigenvalue weighted by atomic mass is 35.5. The Morgan fingerprint density at radius 2 is 1.73 bits per heavy atom. The molecular formula is C19H28Cl2N2OSSi. The molecule has 0 fully saturated rings. The molecule has 0 amide bonds. The highest BCUT2D eigenvalue weighted by molar-refractivity contribution is 7.09. The number of aromatic nitrogens is 2. The molecule has 1 atom stereocenters. The van der Waals surface area contributed by atoms with Gasteiger partial charge in [0.05, 0.1) is 21.2 Å². The van der Waals surface area contributed by atoms with Crippen LogP contribution in [0.5, 0.6) is 0 Å². The quantitative estimate of drug-likeness (QED) is 0.372. The summed E-state index contributed by atoms with van der Waals surface area (Å²) in [5.41, 5.74) is 1.98. The Hall–Kier alpha value is -0.463. The van der Waals surface area contributed by atoms with E-state index in [0.29, 0.717) is 10.0 Å². The van der Waals surface area contributed by atoms with Crippen molar-refractivity contribution in [3.8, 4) is 0 Å². The van der Waals surface area contributed by atoms with Crippen molar-refractivity contribution < 1.29 is 4.43 Å². The fourth-order valence-corrected chi connectivity index (χ4v) is 7.51. The molecule has 3 nitrogen and oxygen atoms in total. The summed E-state index contributed by atoms with van der Waals surface area (Å²) in [6, 6.07) is 3.30.